The van der Waals surface area contributed by atoms with Crippen LogP contribution in [-0.2, 0) is 19.1 Å². The van der Waals surface area contributed by atoms with Crippen molar-refractivity contribution in [1.82, 2.24) is 0 Å². The largest absolute Gasteiger partial charge is 0.481 e. The molecule has 300 valence electrons. The molecule has 4 unspecified atom stereocenters. The van der Waals surface area contributed by atoms with Crippen LogP contribution in [0.25, 0.3) is 0 Å². The summed E-state index contributed by atoms with van der Waals surface area (Å²) in [5, 5.41) is 49.3. The number of ketones is 1. The van der Waals surface area contributed by atoms with Crippen LogP contribution in [-0.4, -0.2) is 80.2 Å². The molecule has 1 heterocycles. The molecule has 0 bridgehead atoms. The lowest BCUT2D eigenvalue weighted by Crippen LogP contribution is -2.56. The molecule has 0 radical (unpaired) electrons. The molecule has 5 aliphatic carbocycles. The smallest absolute Gasteiger partial charge is 0.300 e. The molecule has 0 aromatic heterocycles. The summed E-state index contributed by atoms with van der Waals surface area (Å²) in [6.07, 6.45) is 14.2. The Morgan fingerprint density at radius 2 is 1.60 bits per heavy atom. The topological polar surface area (TPSA) is 154 Å². The molecule has 0 aromatic rings. The SMILES string of the molecule is C#C.C=C.CC.CC(=O)O.C[C@H](CCCC(C)(C)O)C1[C@H](O)C(=O)C2[C@@H]3CCC4C(C)(C)[C@@H](O[C@H]5C[C@@H](O)[C@H](O)CO5)CCC45[C@@H](C)[C@@]35CC[C@]12C. The van der Waals surface area contributed by atoms with Gasteiger partial charge in [0.2, 0.25) is 0 Å². The van der Waals surface area contributed by atoms with E-state index < -0.39 is 36.2 Å². The summed E-state index contributed by atoms with van der Waals surface area (Å²) in [5.74, 6) is 0.836. The fourth-order valence-electron chi connectivity index (χ4n) is 12.7. The van der Waals surface area contributed by atoms with E-state index in [0.29, 0.717) is 24.2 Å². The molecule has 9 heteroatoms. The Bertz CT molecular complexity index is 1200. The number of carboxylic acids is 1. The minimum Gasteiger partial charge on any atom is -0.481 e. The zero-order valence-corrected chi connectivity index (χ0v) is 34.1. The predicted molar refractivity (Wildman–Crippen MR) is 205 cm³/mol. The van der Waals surface area contributed by atoms with Crippen LogP contribution in [0.15, 0.2) is 13.2 Å². The van der Waals surface area contributed by atoms with Crippen molar-refractivity contribution in [1.29, 1.82) is 0 Å². The van der Waals surface area contributed by atoms with Crippen molar-refractivity contribution in [2.75, 3.05) is 6.61 Å². The predicted octanol–water partition coefficient (Wildman–Crippen LogP) is 7.03. The lowest BCUT2D eigenvalue weighted by atomic mass is 9.46. The summed E-state index contributed by atoms with van der Waals surface area (Å²) in [5.41, 5.74) is -0.545. The highest BCUT2D eigenvalue weighted by Gasteiger charge is 2.85. The van der Waals surface area contributed by atoms with Gasteiger partial charge >= 0.3 is 0 Å². The molecular weight excluding hydrogens is 660 g/mol. The standard InChI is InChI=1S/C35H58O7.C2H4O2.C2H6.C2H4.C2H2/c1-19(9-8-13-31(3,4)40)27-29(38)30(39)28-21-10-11-24-32(5,6)25(42-26-17-22(36)23(37)18-41-26)12-14-35(24)20(2)34(21,35)16-15-33(27,28)7;1-2(3)4;3*1-2/h19-29,36-38,40H,8-18H2,1-7H3;1H3,(H,3,4);1-2H3;1-2H2;1-2H/t19-,20+,21+,22-,23-,24?,25+,26+,27?,28?,29+,33-,34+,35?;;;;/m1..../s1. The first-order valence-electron chi connectivity index (χ1n) is 19.9. The molecule has 0 aromatic carbocycles. The Labute approximate surface area is 315 Å². The molecule has 0 amide bonds. The summed E-state index contributed by atoms with van der Waals surface area (Å²) >= 11 is 0. The maximum absolute atomic E-state index is 14.1. The van der Waals surface area contributed by atoms with Crippen LogP contribution in [0.2, 0.25) is 0 Å². The Morgan fingerprint density at radius 1 is 1.02 bits per heavy atom. The van der Waals surface area contributed by atoms with Crippen molar-refractivity contribution in [2.24, 2.45) is 57.2 Å². The molecule has 6 fully saturated rings. The van der Waals surface area contributed by atoms with Crippen molar-refractivity contribution in [2.45, 2.75) is 170 Å². The van der Waals surface area contributed by atoms with Crippen molar-refractivity contribution < 1.29 is 44.6 Å². The minimum absolute atomic E-state index is 0.0122. The van der Waals surface area contributed by atoms with Crippen LogP contribution in [0.5, 0.6) is 0 Å². The number of Topliss-reactive ketones (excluding diaryl/α,β-unsaturated/α-hetero) is 1. The van der Waals surface area contributed by atoms with Crippen LogP contribution >= 0.6 is 0 Å². The van der Waals surface area contributed by atoms with E-state index in [1.807, 2.05) is 27.7 Å². The molecule has 14 atom stereocenters. The minimum atomic E-state index is -0.875. The second-order valence-electron chi connectivity index (χ2n) is 17.7. The first kappa shape index (κ1) is 46.4. The van der Waals surface area contributed by atoms with Gasteiger partial charge in [-0.1, -0.05) is 61.3 Å². The molecule has 5 saturated carbocycles. The number of carboxylic acid groups (broad SMARTS) is 1. The van der Waals surface area contributed by atoms with Gasteiger partial charge in [-0.05, 0) is 104 Å². The van der Waals surface area contributed by atoms with Gasteiger partial charge in [-0.15, -0.1) is 26.0 Å². The van der Waals surface area contributed by atoms with Crippen LogP contribution in [0, 0.1) is 70.0 Å². The third-order valence-corrected chi connectivity index (χ3v) is 14.5. The highest BCUT2D eigenvalue weighted by atomic mass is 16.7. The molecule has 6 rings (SSSR count). The van der Waals surface area contributed by atoms with E-state index in [2.05, 4.69) is 60.6 Å². The first-order valence-corrected chi connectivity index (χ1v) is 19.9. The van der Waals surface area contributed by atoms with Crippen LogP contribution in [0.3, 0.4) is 0 Å². The summed E-state index contributed by atoms with van der Waals surface area (Å²) in [4.78, 5) is 23.1. The van der Waals surface area contributed by atoms with E-state index in [1.165, 1.54) is 0 Å². The highest BCUT2D eigenvalue weighted by molar-refractivity contribution is 5.90. The van der Waals surface area contributed by atoms with Gasteiger partial charge in [0.1, 0.15) is 12.2 Å². The van der Waals surface area contributed by atoms with Gasteiger partial charge in [0.25, 0.3) is 5.97 Å². The summed E-state index contributed by atoms with van der Waals surface area (Å²) in [7, 11) is 0. The van der Waals surface area contributed by atoms with Gasteiger partial charge in [-0.2, -0.15) is 0 Å². The molecule has 5 N–H and O–H groups in total. The van der Waals surface area contributed by atoms with Crippen molar-refractivity contribution in [3.8, 4) is 12.8 Å². The number of carbonyl (C=O) groups excluding carboxylic acids is 1. The number of aliphatic carboxylic acids is 1. The number of fused-ring (bicyclic) bond motifs is 2. The van der Waals surface area contributed by atoms with Gasteiger partial charge in [-0.3, -0.25) is 9.59 Å². The van der Waals surface area contributed by atoms with E-state index >= 15 is 0 Å². The Hall–Kier alpha value is -1.80. The van der Waals surface area contributed by atoms with Gasteiger partial charge in [-0.25, -0.2) is 0 Å². The Balaban J connectivity index is 0.000000852. The average molecular weight is 735 g/mol. The van der Waals surface area contributed by atoms with Gasteiger partial charge in [0.15, 0.2) is 12.1 Å². The third-order valence-electron chi connectivity index (χ3n) is 14.5. The number of carbonyl (C=O) groups is 2. The van der Waals surface area contributed by atoms with Crippen LogP contribution < -0.4 is 0 Å². The van der Waals surface area contributed by atoms with E-state index in [0.717, 1.165) is 64.7 Å². The lowest BCUT2D eigenvalue weighted by Gasteiger charge is -2.59. The first-order chi connectivity index (χ1) is 24.3. The number of aliphatic hydroxyl groups excluding tert-OH is 3. The molecule has 2 spiro atoms. The van der Waals surface area contributed by atoms with Crippen molar-refractivity contribution in [3.05, 3.63) is 13.2 Å². The number of terminal acetylenes is 1. The van der Waals surface area contributed by atoms with Crippen molar-refractivity contribution >= 4 is 11.8 Å². The van der Waals surface area contributed by atoms with Crippen molar-refractivity contribution in [3.63, 3.8) is 0 Å². The van der Waals surface area contributed by atoms with E-state index in [4.69, 9.17) is 19.4 Å². The zero-order chi connectivity index (χ0) is 40.2. The second-order valence-corrected chi connectivity index (χ2v) is 17.7. The summed E-state index contributed by atoms with van der Waals surface area (Å²) in [6.45, 7) is 26.6. The van der Waals surface area contributed by atoms with E-state index in [1.54, 1.807) is 0 Å². The number of rotatable bonds is 7. The Morgan fingerprint density at radius 3 is 2.13 bits per heavy atom. The van der Waals surface area contributed by atoms with E-state index in [-0.39, 0.29) is 57.9 Å². The average Bonchev–Trinajstić information content (AvgIpc) is 3.53. The summed E-state index contributed by atoms with van der Waals surface area (Å²) in [6, 6.07) is 0. The maximum Gasteiger partial charge on any atom is 0.300 e. The molecule has 6 aliphatic rings. The third kappa shape index (κ3) is 8.09. The van der Waals surface area contributed by atoms with E-state index in [9.17, 15) is 25.2 Å². The Kier molecular flexibility index (Phi) is 15.8. The second kappa shape index (κ2) is 17.8. The maximum atomic E-state index is 14.1. The molecule has 1 aliphatic heterocycles. The molecular formula is C43H74O9. The number of hydrogen-bond donors (Lipinski definition) is 5. The van der Waals surface area contributed by atoms with Gasteiger partial charge in [0.05, 0.1) is 24.4 Å². The zero-order valence-electron chi connectivity index (χ0n) is 34.1. The van der Waals surface area contributed by atoms with Crippen LogP contribution in [0.4, 0.5) is 0 Å². The fraction of sp³-hybridized carbons (Fsp3) is 0.860. The quantitative estimate of drug-likeness (QED) is 0.105. The fourth-order valence-corrected chi connectivity index (χ4v) is 12.7. The highest BCUT2D eigenvalue weighted by Crippen LogP contribution is 2.89. The molecule has 1 saturated heterocycles. The lowest BCUT2D eigenvalue weighted by molar-refractivity contribution is -0.264. The monoisotopic (exact) mass is 735 g/mol. The number of aliphatic hydroxyl groups is 4. The van der Waals surface area contributed by atoms with Gasteiger partial charge in [0, 0.05) is 25.2 Å². The molecule has 9 nitrogen and oxygen atoms in total. The van der Waals surface area contributed by atoms with Crippen LogP contribution in [0.1, 0.15) is 133 Å². The number of ether oxygens (including phenoxy) is 2. The summed E-state index contributed by atoms with van der Waals surface area (Å²) < 4.78 is 12.3. The number of hydrogen-bond acceptors (Lipinski definition) is 8. The normalized spacial score (nSPS) is 42.8. The van der Waals surface area contributed by atoms with Gasteiger partial charge < -0.3 is 35.0 Å². The molecule has 52 heavy (non-hydrogen) atoms.